The summed E-state index contributed by atoms with van der Waals surface area (Å²) in [6.07, 6.45) is 8.10. The first-order valence-corrected chi connectivity index (χ1v) is 7.80. The summed E-state index contributed by atoms with van der Waals surface area (Å²) in [7, 11) is 0. The fraction of sp³-hybridized carbons (Fsp3) is 0.562. The van der Waals surface area contributed by atoms with E-state index >= 15 is 0 Å². The molecule has 3 rings (SSSR count). The van der Waals surface area contributed by atoms with Crippen LogP contribution < -0.4 is 5.32 Å². The highest BCUT2D eigenvalue weighted by Crippen LogP contribution is 2.18. The number of aromatic nitrogens is 1. The second-order valence-electron chi connectivity index (χ2n) is 5.88. The maximum absolute atomic E-state index is 12.3. The second kappa shape index (κ2) is 6.24. The smallest absolute Gasteiger partial charge is 0.270 e. The highest BCUT2D eigenvalue weighted by molar-refractivity contribution is 5.98. The van der Waals surface area contributed by atoms with Gasteiger partial charge in [0.15, 0.2) is 0 Å². The van der Waals surface area contributed by atoms with Gasteiger partial charge in [-0.25, -0.2) is 0 Å². The maximum atomic E-state index is 12.3. The van der Waals surface area contributed by atoms with Crippen LogP contribution in [0.5, 0.6) is 0 Å². The van der Waals surface area contributed by atoms with E-state index in [1.807, 2.05) is 4.90 Å². The largest absolute Gasteiger partial charge is 0.348 e. The molecule has 1 aliphatic heterocycles. The molecule has 0 unspecified atom stereocenters. The van der Waals surface area contributed by atoms with Crippen molar-refractivity contribution in [3.05, 3.63) is 29.6 Å². The van der Waals surface area contributed by atoms with Gasteiger partial charge in [-0.3, -0.25) is 14.6 Å². The van der Waals surface area contributed by atoms with Crippen molar-refractivity contribution in [1.29, 1.82) is 0 Å². The molecule has 0 atom stereocenters. The third-order valence-corrected chi connectivity index (χ3v) is 4.32. The van der Waals surface area contributed by atoms with E-state index in [1.54, 1.807) is 18.3 Å². The van der Waals surface area contributed by atoms with Gasteiger partial charge in [-0.1, -0.05) is 12.8 Å². The molecule has 0 aromatic carbocycles. The number of pyridine rings is 1. The van der Waals surface area contributed by atoms with Crippen LogP contribution in [0.2, 0.25) is 0 Å². The summed E-state index contributed by atoms with van der Waals surface area (Å²) in [5, 5.41) is 3.00. The molecule has 1 aromatic heterocycles. The molecule has 1 aromatic rings. The second-order valence-corrected chi connectivity index (χ2v) is 5.88. The van der Waals surface area contributed by atoms with Crippen LogP contribution in [0.3, 0.4) is 0 Å². The molecule has 0 radical (unpaired) electrons. The zero-order chi connectivity index (χ0) is 14.7. The van der Waals surface area contributed by atoms with Gasteiger partial charge in [0.1, 0.15) is 5.69 Å². The van der Waals surface area contributed by atoms with Crippen molar-refractivity contribution in [2.75, 3.05) is 13.1 Å². The molecule has 5 nitrogen and oxygen atoms in total. The van der Waals surface area contributed by atoms with Crippen LogP contribution in [0.1, 0.15) is 59.4 Å². The van der Waals surface area contributed by atoms with Crippen molar-refractivity contribution < 1.29 is 9.59 Å². The number of nitrogens with zero attached hydrogens (tertiary/aromatic N) is 2. The summed E-state index contributed by atoms with van der Waals surface area (Å²) in [5.74, 6) is -0.164. The lowest BCUT2D eigenvalue weighted by atomic mass is 10.2. The molecule has 0 spiro atoms. The van der Waals surface area contributed by atoms with E-state index in [9.17, 15) is 9.59 Å². The Hall–Kier alpha value is -1.91. The number of carbonyl (C=O) groups is 2. The number of likely N-dealkylation sites (tertiary alicyclic amines) is 1. The van der Waals surface area contributed by atoms with E-state index in [0.717, 1.165) is 38.8 Å². The number of hydrogen-bond donors (Lipinski definition) is 1. The Labute approximate surface area is 124 Å². The Morgan fingerprint density at radius 1 is 1.14 bits per heavy atom. The first kappa shape index (κ1) is 14.0. The standard InChI is InChI=1S/C16H21N3O2/c20-15(18-13-5-1-2-6-13)14-11-12(7-8-17-14)16(21)19-9-3-4-10-19/h7-8,11,13H,1-6,9-10H2,(H,18,20). The van der Waals surface area contributed by atoms with Crippen LogP contribution in [0.25, 0.3) is 0 Å². The molecule has 5 heteroatoms. The zero-order valence-corrected chi connectivity index (χ0v) is 12.2. The molecule has 1 N–H and O–H groups in total. The Kier molecular flexibility index (Phi) is 4.18. The highest BCUT2D eigenvalue weighted by Gasteiger charge is 2.22. The molecular weight excluding hydrogens is 266 g/mol. The van der Waals surface area contributed by atoms with Gasteiger partial charge in [0.25, 0.3) is 11.8 Å². The minimum Gasteiger partial charge on any atom is -0.348 e. The van der Waals surface area contributed by atoms with Crippen molar-refractivity contribution >= 4 is 11.8 Å². The van der Waals surface area contributed by atoms with Crippen molar-refractivity contribution in [3.63, 3.8) is 0 Å². The fourth-order valence-electron chi connectivity index (χ4n) is 3.12. The number of rotatable bonds is 3. The summed E-state index contributed by atoms with van der Waals surface area (Å²) in [4.78, 5) is 30.5. The number of amides is 2. The molecule has 2 aliphatic rings. The van der Waals surface area contributed by atoms with Crippen LogP contribution in [-0.4, -0.2) is 40.8 Å². The Balaban J connectivity index is 1.69. The Bertz CT molecular complexity index is 532. The molecule has 112 valence electrons. The van der Waals surface area contributed by atoms with Gasteiger partial charge in [0, 0.05) is 30.9 Å². The van der Waals surface area contributed by atoms with Gasteiger partial charge in [-0.05, 0) is 37.8 Å². The van der Waals surface area contributed by atoms with Crippen molar-refractivity contribution in [1.82, 2.24) is 15.2 Å². The molecule has 2 amide bonds. The molecule has 1 saturated heterocycles. The van der Waals surface area contributed by atoms with Crippen LogP contribution >= 0.6 is 0 Å². The number of carbonyl (C=O) groups excluding carboxylic acids is 2. The van der Waals surface area contributed by atoms with Gasteiger partial charge < -0.3 is 10.2 Å². The molecule has 1 saturated carbocycles. The third kappa shape index (κ3) is 3.23. The molecule has 2 fully saturated rings. The first-order chi connectivity index (χ1) is 10.2. The van der Waals surface area contributed by atoms with Gasteiger partial charge in [-0.2, -0.15) is 0 Å². The fourth-order valence-corrected chi connectivity index (χ4v) is 3.12. The SMILES string of the molecule is O=C(NC1CCCC1)c1cc(C(=O)N2CCCC2)ccn1. The zero-order valence-electron chi connectivity index (χ0n) is 12.2. The van der Waals surface area contributed by atoms with E-state index < -0.39 is 0 Å². The van der Waals surface area contributed by atoms with Gasteiger partial charge in [0.05, 0.1) is 0 Å². The predicted octanol–water partition coefficient (Wildman–Crippen LogP) is 1.99. The lowest BCUT2D eigenvalue weighted by Crippen LogP contribution is -2.33. The van der Waals surface area contributed by atoms with Crippen molar-refractivity contribution in [3.8, 4) is 0 Å². The van der Waals surface area contributed by atoms with Gasteiger partial charge >= 0.3 is 0 Å². The van der Waals surface area contributed by atoms with E-state index in [4.69, 9.17) is 0 Å². The summed E-state index contributed by atoms with van der Waals surface area (Å²) in [6, 6.07) is 3.56. The maximum Gasteiger partial charge on any atom is 0.270 e. The van der Waals surface area contributed by atoms with Crippen LogP contribution in [-0.2, 0) is 0 Å². The van der Waals surface area contributed by atoms with Gasteiger partial charge in [-0.15, -0.1) is 0 Å². The summed E-state index contributed by atoms with van der Waals surface area (Å²) < 4.78 is 0. The van der Waals surface area contributed by atoms with Crippen molar-refractivity contribution in [2.45, 2.75) is 44.6 Å². The van der Waals surface area contributed by atoms with Gasteiger partial charge in [0.2, 0.25) is 0 Å². The monoisotopic (exact) mass is 287 g/mol. The summed E-state index contributed by atoms with van der Waals surface area (Å²) >= 11 is 0. The first-order valence-electron chi connectivity index (χ1n) is 7.80. The quantitative estimate of drug-likeness (QED) is 0.924. The van der Waals surface area contributed by atoms with Crippen LogP contribution in [0.4, 0.5) is 0 Å². The van der Waals surface area contributed by atoms with E-state index in [2.05, 4.69) is 10.3 Å². The van der Waals surface area contributed by atoms with Crippen LogP contribution in [0, 0.1) is 0 Å². The lowest BCUT2D eigenvalue weighted by Gasteiger charge is -2.16. The molecule has 2 heterocycles. The molecular formula is C16H21N3O2. The predicted molar refractivity (Wildman–Crippen MR) is 79.1 cm³/mol. The molecule has 1 aliphatic carbocycles. The van der Waals surface area contributed by atoms with Crippen LogP contribution in [0.15, 0.2) is 18.3 Å². The average molecular weight is 287 g/mol. The topological polar surface area (TPSA) is 62.3 Å². The van der Waals surface area contributed by atoms with E-state index in [1.165, 1.54) is 12.8 Å². The van der Waals surface area contributed by atoms with E-state index in [0.29, 0.717) is 11.3 Å². The molecule has 0 bridgehead atoms. The minimum absolute atomic E-state index is 0.00446. The van der Waals surface area contributed by atoms with E-state index in [-0.39, 0.29) is 17.9 Å². The summed E-state index contributed by atoms with van der Waals surface area (Å²) in [5.41, 5.74) is 0.899. The highest BCUT2D eigenvalue weighted by atomic mass is 16.2. The summed E-state index contributed by atoms with van der Waals surface area (Å²) in [6.45, 7) is 1.62. The minimum atomic E-state index is -0.169. The Morgan fingerprint density at radius 3 is 2.57 bits per heavy atom. The normalized spacial score (nSPS) is 19.0. The number of nitrogens with one attached hydrogen (secondary N) is 1. The Morgan fingerprint density at radius 2 is 1.86 bits per heavy atom. The van der Waals surface area contributed by atoms with Crippen molar-refractivity contribution in [2.24, 2.45) is 0 Å². The number of hydrogen-bond acceptors (Lipinski definition) is 3. The lowest BCUT2D eigenvalue weighted by molar-refractivity contribution is 0.0792. The third-order valence-electron chi connectivity index (χ3n) is 4.32. The molecule has 21 heavy (non-hydrogen) atoms. The average Bonchev–Trinajstić information content (AvgIpc) is 3.20.